The lowest BCUT2D eigenvalue weighted by Gasteiger charge is -2.29. The van der Waals surface area contributed by atoms with E-state index in [0.717, 1.165) is 57.7 Å². The lowest BCUT2D eigenvalue weighted by Crippen LogP contribution is -2.77. The standard InChI is InChI=1S/C21H28N2O3/c1-16(17-5-7-18(8-6-17)23-11-13-25-14-12-23)22-19-15-20(24)26-21(19)9-3-2-4-10-21/h5-8,16H,2-4,9-15H2,1H3/p+1/t16-/m1/s1. The van der Waals surface area contributed by atoms with Gasteiger partial charge >= 0.3 is 5.97 Å². The van der Waals surface area contributed by atoms with Crippen LogP contribution in [0.3, 0.4) is 0 Å². The first kappa shape index (κ1) is 17.5. The molecule has 2 aliphatic heterocycles. The van der Waals surface area contributed by atoms with Crippen molar-refractivity contribution >= 4 is 17.4 Å². The van der Waals surface area contributed by atoms with Gasteiger partial charge in [0, 0.05) is 31.3 Å². The van der Waals surface area contributed by atoms with Crippen LogP contribution in [0.5, 0.6) is 0 Å². The molecule has 1 aromatic rings. The topological polar surface area (TPSA) is 52.7 Å². The molecule has 1 aliphatic carbocycles. The van der Waals surface area contributed by atoms with Crippen LogP contribution in [-0.4, -0.2) is 43.6 Å². The van der Waals surface area contributed by atoms with E-state index in [4.69, 9.17) is 9.47 Å². The summed E-state index contributed by atoms with van der Waals surface area (Å²) in [5.41, 5.74) is 3.23. The molecule has 0 radical (unpaired) electrons. The molecule has 5 nitrogen and oxygen atoms in total. The van der Waals surface area contributed by atoms with Gasteiger partial charge in [-0.2, -0.15) is 0 Å². The van der Waals surface area contributed by atoms with E-state index in [1.54, 1.807) is 0 Å². The number of morpholine rings is 1. The number of hydrogen-bond acceptors (Lipinski definition) is 4. The van der Waals surface area contributed by atoms with E-state index in [-0.39, 0.29) is 17.6 Å². The Balaban J connectivity index is 1.50. The number of esters is 1. The van der Waals surface area contributed by atoms with Crippen LogP contribution < -0.4 is 9.89 Å². The van der Waals surface area contributed by atoms with Crippen molar-refractivity contribution in [3.8, 4) is 0 Å². The minimum absolute atomic E-state index is 0.0794. The van der Waals surface area contributed by atoms with E-state index in [1.807, 2.05) is 0 Å². The van der Waals surface area contributed by atoms with Crippen LogP contribution in [0.2, 0.25) is 0 Å². The summed E-state index contributed by atoms with van der Waals surface area (Å²) in [5.74, 6) is -0.0794. The average Bonchev–Trinajstić information content (AvgIpc) is 2.97. The van der Waals surface area contributed by atoms with Crippen LogP contribution in [0, 0.1) is 0 Å². The minimum atomic E-state index is -0.350. The summed E-state index contributed by atoms with van der Waals surface area (Å²) in [6, 6.07) is 8.92. The third-order valence-corrected chi connectivity index (χ3v) is 6.00. The number of carbonyl (C=O) groups excluding carboxylic acids is 1. The van der Waals surface area contributed by atoms with E-state index < -0.39 is 0 Å². The second kappa shape index (κ2) is 7.39. The highest BCUT2D eigenvalue weighted by atomic mass is 16.6. The Labute approximate surface area is 155 Å². The molecule has 0 unspecified atom stereocenters. The molecule has 26 heavy (non-hydrogen) atoms. The van der Waals surface area contributed by atoms with Crippen molar-refractivity contribution < 1.29 is 19.3 Å². The van der Waals surface area contributed by atoms with Crippen molar-refractivity contribution in [3.05, 3.63) is 29.8 Å². The Bertz CT molecular complexity index is 671. The molecule has 1 N–H and O–H groups in total. The Morgan fingerprint density at radius 1 is 1.08 bits per heavy atom. The van der Waals surface area contributed by atoms with Gasteiger partial charge in [-0.05, 0) is 37.8 Å². The Hall–Kier alpha value is -1.88. The highest BCUT2D eigenvalue weighted by Gasteiger charge is 2.51. The van der Waals surface area contributed by atoms with Crippen LogP contribution in [-0.2, 0) is 14.3 Å². The molecule has 3 aliphatic rings. The zero-order chi connectivity index (χ0) is 18.0. The fraction of sp³-hybridized carbons (Fsp3) is 0.619. The molecule has 1 atom stereocenters. The van der Waals surface area contributed by atoms with Gasteiger partial charge in [-0.1, -0.05) is 18.6 Å². The second-order valence-electron chi connectivity index (χ2n) is 7.74. The Morgan fingerprint density at radius 3 is 2.46 bits per heavy atom. The van der Waals surface area contributed by atoms with E-state index in [2.05, 4.69) is 41.1 Å². The summed E-state index contributed by atoms with van der Waals surface area (Å²) in [5, 5.41) is 0. The summed E-state index contributed by atoms with van der Waals surface area (Å²) in [4.78, 5) is 17.9. The predicted molar refractivity (Wildman–Crippen MR) is 100 cm³/mol. The maximum absolute atomic E-state index is 12.0. The maximum Gasteiger partial charge on any atom is 0.317 e. The fourth-order valence-electron chi connectivity index (χ4n) is 4.47. The molecule has 2 heterocycles. The molecule has 0 bridgehead atoms. The van der Waals surface area contributed by atoms with E-state index in [9.17, 15) is 4.79 Å². The zero-order valence-electron chi connectivity index (χ0n) is 15.6. The molecule has 1 saturated carbocycles. The molecule has 4 rings (SSSR count). The fourth-order valence-corrected chi connectivity index (χ4v) is 4.47. The summed E-state index contributed by atoms with van der Waals surface area (Å²) >= 11 is 0. The van der Waals surface area contributed by atoms with E-state index in [1.165, 1.54) is 17.7 Å². The molecular weight excluding hydrogens is 328 g/mol. The number of benzene rings is 1. The largest absolute Gasteiger partial charge is 0.448 e. The molecule has 140 valence electrons. The number of nitrogens with one attached hydrogen (secondary N) is 1. The number of anilines is 1. The first-order chi connectivity index (χ1) is 12.7. The maximum atomic E-state index is 12.0. The molecule has 2 saturated heterocycles. The van der Waals surface area contributed by atoms with Crippen LogP contribution in [0.1, 0.15) is 57.1 Å². The highest BCUT2D eigenvalue weighted by Crippen LogP contribution is 2.36. The average molecular weight is 357 g/mol. The number of carbonyl (C=O) groups is 1. The third-order valence-electron chi connectivity index (χ3n) is 6.00. The summed E-state index contributed by atoms with van der Waals surface area (Å²) in [6.07, 6.45) is 5.86. The Morgan fingerprint density at radius 2 is 1.77 bits per heavy atom. The van der Waals surface area contributed by atoms with Gasteiger partial charge in [0.25, 0.3) is 0 Å². The SMILES string of the molecule is C[C@@H]([NH+]=C1CC(=O)OC12CCCCC2)c1ccc(N2CCOCC2)cc1. The van der Waals surface area contributed by atoms with Crippen molar-refractivity contribution in [1.29, 1.82) is 0 Å². The predicted octanol–water partition coefficient (Wildman–Crippen LogP) is 1.76. The van der Waals surface area contributed by atoms with Gasteiger partial charge in [0.15, 0.2) is 11.6 Å². The quantitative estimate of drug-likeness (QED) is 0.838. The monoisotopic (exact) mass is 357 g/mol. The summed E-state index contributed by atoms with van der Waals surface area (Å²) in [6.45, 7) is 5.67. The van der Waals surface area contributed by atoms with Crippen molar-refractivity contribution in [2.24, 2.45) is 0 Å². The van der Waals surface area contributed by atoms with Gasteiger partial charge < -0.3 is 14.4 Å². The zero-order valence-corrected chi connectivity index (χ0v) is 15.6. The van der Waals surface area contributed by atoms with Crippen molar-refractivity contribution in [3.63, 3.8) is 0 Å². The van der Waals surface area contributed by atoms with Gasteiger partial charge in [-0.25, -0.2) is 4.99 Å². The second-order valence-corrected chi connectivity index (χ2v) is 7.74. The summed E-state index contributed by atoms with van der Waals surface area (Å²) < 4.78 is 11.2. The molecule has 0 amide bonds. The third kappa shape index (κ3) is 3.50. The lowest BCUT2D eigenvalue weighted by molar-refractivity contribution is -0.509. The Kier molecular flexibility index (Phi) is 4.98. The molecule has 0 aromatic heterocycles. The molecule has 1 spiro atoms. The number of hydrogen-bond donors (Lipinski definition) is 1. The number of rotatable bonds is 3. The van der Waals surface area contributed by atoms with E-state index in [0.29, 0.717) is 6.42 Å². The minimum Gasteiger partial charge on any atom is -0.448 e. The van der Waals surface area contributed by atoms with Gasteiger partial charge in [-0.3, -0.25) is 4.79 Å². The number of nitrogens with zero attached hydrogens (tertiary/aromatic N) is 1. The normalized spacial score (nSPS) is 25.5. The first-order valence-corrected chi connectivity index (χ1v) is 9.94. The van der Waals surface area contributed by atoms with Crippen LogP contribution in [0.15, 0.2) is 24.3 Å². The summed E-state index contributed by atoms with van der Waals surface area (Å²) in [7, 11) is 0. The molecule has 5 heteroatoms. The highest BCUT2D eigenvalue weighted by molar-refractivity contribution is 6.06. The molecular formula is C21H29N2O3+. The number of ether oxygens (including phenoxy) is 2. The smallest absolute Gasteiger partial charge is 0.317 e. The van der Waals surface area contributed by atoms with Gasteiger partial charge in [-0.15, -0.1) is 0 Å². The van der Waals surface area contributed by atoms with Crippen molar-refractivity contribution in [2.75, 3.05) is 31.2 Å². The van der Waals surface area contributed by atoms with Crippen LogP contribution in [0.4, 0.5) is 5.69 Å². The van der Waals surface area contributed by atoms with Crippen molar-refractivity contribution in [1.82, 2.24) is 0 Å². The van der Waals surface area contributed by atoms with Gasteiger partial charge in [0.1, 0.15) is 6.42 Å². The van der Waals surface area contributed by atoms with Crippen LogP contribution >= 0.6 is 0 Å². The van der Waals surface area contributed by atoms with Gasteiger partial charge in [0.05, 0.1) is 13.2 Å². The lowest BCUT2D eigenvalue weighted by atomic mass is 9.81. The van der Waals surface area contributed by atoms with Crippen LogP contribution in [0.25, 0.3) is 0 Å². The molecule has 1 aromatic carbocycles. The first-order valence-electron chi connectivity index (χ1n) is 9.94. The van der Waals surface area contributed by atoms with Crippen molar-refractivity contribution in [2.45, 2.75) is 57.1 Å². The van der Waals surface area contributed by atoms with Gasteiger partial charge in [0.2, 0.25) is 5.71 Å². The van der Waals surface area contributed by atoms with E-state index >= 15 is 0 Å². The molecule has 3 fully saturated rings.